The highest BCUT2D eigenvalue weighted by atomic mass is 35.5. The summed E-state index contributed by atoms with van der Waals surface area (Å²) in [5, 5.41) is 0. The molecule has 0 aromatic heterocycles. The zero-order valence-electron chi connectivity index (χ0n) is 10.3. The van der Waals surface area contributed by atoms with Crippen LogP contribution in [0.4, 0.5) is 0 Å². The first-order chi connectivity index (χ1) is 7.27. The largest absolute Gasteiger partial charge is 0.301 e. The Morgan fingerprint density at radius 3 is 2.47 bits per heavy atom. The third-order valence-corrected chi connectivity index (χ3v) is 3.98. The molecular weight excluding hydrogens is 206 g/mol. The van der Waals surface area contributed by atoms with Gasteiger partial charge in [0, 0.05) is 11.9 Å². The van der Waals surface area contributed by atoms with Crippen LogP contribution in [0.5, 0.6) is 0 Å². The van der Waals surface area contributed by atoms with Gasteiger partial charge in [0.15, 0.2) is 0 Å². The molecule has 0 radical (unpaired) electrons. The number of rotatable bonds is 7. The van der Waals surface area contributed by atoms with Crippen molar-refractivity contribution in [2.24, 2.45) is 5.92 Å². The Balaban J connectivity index is 2.20. The Morgan fingerprint density at radius 2 is 1.93 bits per heavy atom. The Hall–Kier alpha value is 0.250. The second-order valence-electron chi connectivity index (χ2n) is 4.94. The van der Waals surface area contributed by atoms with Crippen LogP contribution in [0.2, 0.25) is 0 Å². The van der Waals surface area contributed by atoms with Gasteiger partial charge < -0.3 is 4.90 Å². The van der Waals surface area contributed by atoms with E-state index in [9.17, 15) is 0 Å². The molecule has 1 aliphatic carbocycles. The number of nitrogens with zero attached hydrogens (tertiary/aromatic N) is 1. The van der Waals surface area contributed by atoms with Gasteiger partial charge >= 0.3 is 0 Å². The minimum absolute atomic E-state index is 0.790. The molecular formula is C13H26ClN. The summed E-state index contributed by atoms with van der Waals surface area (Å²) in [7, 11) is 0. The lowest BCUT2D eigenvalue weighted by Crippen LogP contribution is -2.34. The topological polar surface area (TPSA) is 3.24 Å². The molecule has 0 spiro atoms. The summed E-state index contributed by atoms with van der Waals surface area (Å²) in [6, 6.07) is 0.887. The van der Waals surface area contributed by atoms with Gasteiger partial charge in [-0.15, -0.1) is 11.6 Å². The van der Waals surface area contributed by atoms with Crippen LogP contribution in [0.1, 0.15) is 52.4 Å². The van der Waals surface area contributed by atoms with Crippen molar-refractivity contribution < 1.29 is 0 Å². The molecule has 1 atom stereocenters. The van der Waals surface area contributed by atoms with E-state index in [1.54, 1.807) is 0 Å². The molecule has 1 fully saturated rings. The van der Waals surface area contributed by atoms with Crippen molar-refractivity contribution in [1.82, 2.24) is 4.90 Å². The lowest BCUT2D eigenvalue weighted by atomic mass is 10.0. The van der Waals surface area contributed by atoms with Crippen LogP contribution >= 0.6 is 11.6 Å². The predicted molar refractivity (Wildman–Crippen MR) is 68.6 cm³/mol. The number of halogens is 1. The molecule has 1 aliphatic rings. The summed E-state index contributed by atoms with van der Waals surface area (Å²) < 4.78 is 0. The summed E-state index contributed by atoms with van der Waals surface area (Å²) in [4.78, 5) is 2.68. The number of hydrogen-bond donors (Lipinski definition) is 0. The molecule has 0 heterocycles. The molecule has 0 bridgehead atoms. The molecule has 2 heteroatoms. The van der Waals surface area contributed by atoms with Gasteiger partial charge in [0.25, 0.3) is 0 Å². The highest BCUT2D eigenvalue weighted by molar-refractivity contribution is 6.17. The fraction of sp³-hybridized carbons (Fsp3) is 1.00. The number of alkyl halides is 1. The lowest BCUT2D eigenvalue weighted by molar-refractivity contribution is 0.195. The Kier molecular flexibility index (Phi) is 6.67. The summed E-state index contributed by atoms with van der Waals surface area (Å²) >= 11 is 5.76. The van der Waals surface area contributed by atoms with E-state index < -0.39 is 0 Å². The first-order valence-electron chi connectivity index (χ1n) is 6.58. The van der Waals surface area contributed by atoms with Crippen LogP contribution in [0, 0.1) is 5.92 Å². The molecule has 0 aromatic carbocycles. The lowest BCUT2D eigenvalue weighted by Gasteiger charge is -2.28. The van der Waals surface area contributed by atoms with Crippen LogP contribution < -0.4 is 0 Å². The third-order valence-electron chi connectivity index (χ3n) is 3.76. The Labute approximate surface area is 100 Å². The molecule has 0 saturated heterocycles. The molecule has 90 valence electrons. The number of hydrogen-bond acceptors (Lipinski definition) is 1. The molecule has 0 amide bonds. The summed E-state index contributed by atoms with van der Waals surface area (Å²) in [5.41, 5.74) is 0. The van der Waals surface area contributed by atoms with Gasteiger partial charge in [-0.2, -0.15) is 0 Å². The van der Waals surface area contributed by atoms with Crippen molar-refractivity contribution in [3.8, 4) is 0 Å². The normalized spacial score (nSPS) is 20.0. The summed E-state index contributed by atoms with van der Waals surface area (Å²) in [5.74, 6) is 1.61. The fourth-order valence-electron chi connectivity index (χ4n) is 2.59. The van der Waals surface area contributed by atoms with Crippen molar-refractivity contribution in [3.63, 3.8) is 0 Å². The van der Waals surface area contributed by atoms with Gasteiger partial charge in [0.1, 0.15) is 0 Å². The summed E-state index contributed by atoms with van der Waals surface area (Å²) in [6.45, 7) is 7.12. The smallest absolute Gasteiger partial charge is 0.0225 e. The van der Waals surface area contributed by atoms with E-state index in [-0.39, 0.29) is 0 Å². The van der Waals surface area contributed by atoms with Crippen LogP contribution in [-0.2, 0) is 0 Å². The predicted octanol–water partition coefficient (Wildman–Crippen LogP) is 3.91. The molecule has 1 unspecified atom stereocenters. The van der Waals surface area contributed by atoms with E-state index >= 15 is 0 Å². The van der Waals surface area contributed by atoms with Gasteiger partial charge in [-0.1, -0.05) is 26.7 Å². The van der Waals surface area contributed by atoms with Gasteiger partial charge in [-0.3, -0.25) is 0 Å². The van der Waals surface area contributed by atoms with Crippen LogP contribution in [0.3, 0.4) is 0 Å². The molecule has 0 aliphatic heterocycles. The Morgan fingerprint density at radius 1 is 1.27 bits per heavy atom. The molecule has 1 rings (SSSR count). The average molecular weight is 232 g/mol. The minimum Gasteiger partial charge on any atom is -0.301 e. The van der Waals surface area contributed by atoms with Crippen molar-refractivity contribution in [1.29, 1.82) is 0 Å². The Bertz CT molecular complexity index is 155. The first-order valence-corrected chi connectivity index (χ1v) is 7.11. The van der Waals surface area contributed by atoms with Gasteiger partial charge in [0.2, 0.25) is 0 Å². The van der Waals surface area contributed by atoms with Gasteiger partial charge in [0.05, 0.1) is 0 Å². The molecule has 1 saturated carbocycles. The van der Waals surface area contributed by atoms with E-state index in [4.69, 9.17) is 11.6 Å². The molecule has 0 N–H and O–H groups in total. The third kappa shape index (κ3) is 4.74. The van der Waals surface area contributed by atoms with E-state index in [1.165, 1.54) is 51.6 Å². The maximum Gasteiger partial charge on any atom is 0.0225 e. The van der Waals surface area contributed by atoms with Crippen molar-refractivity contribution in [2.45, 2.75) is 58.4 Å². The average Bonchev–Trinajstić information content (AvgIpc) is 2.72. The SMILES string of the molecule is CCN(CCC(C)CCCl)C1CCCC1. The van der Waals surface area contributed by atoms with E-state index in [1.807, 2.05) is 0 Å². The second kappa shape index (κ2) is 7.51. The van der Waals surface area contributed by atoms with Crippen LogP contribution in [0.15, 0.2) is 0 Å². The van der Waals surface area contributed by atoms with Gasteiger partial charge in [-0.25, -0.2) is 0 Å². The second-order valence-corrected chi connectivity index (χ2v) is 5.32. The van der Waals surface area contributed by atoms with Crippen molar-refractivity contribution in [3.05, 3.63) is 0 Å². The first kappa shape index (κ1) is 13.3. The van der Waals surface area contributed by atoms with Gasteiger partial charge in [-0.05, 0) is 44.7 Å². The zero-order chi connectivity index (χ0) is 11.1. The van der Waals surface area contributed by atoms with E-state index in [0.29, 0.717) is 0 Å². The monoisotopic (exact) mass is 231 g/mol. The maximum atomic E-state index is 5.76. The molecule has 0 aromatic rings. The maximum absolute atomic E-state index is 5.76. The highest BCUT2D eigenvalue weighted by Gasteiger charge is 2.21. The molecule has 1 nitrogen and oxygen atoms in total. The summed E-state index contributed by atoms with van der Waals surface area (Å²) in [6.07, 6.45) is 8.23. The zero-order valence-corrected chi connectivity index (χ0v) is 11.1. The fourth-order valence-corrected chi connectivity index (χ4v) is 2.96. The highest BCUT2D eigenvalue weighted by Crippen LogP contribution is 2.24. The van der Waals surface area contributed by atoms with Crippen LogP contribution in [0.25, 0.3) is 0 Å². The van der Waals surface area contributed by atoms with Crippen molar-refractivity contribution >= 4 is 11.6 Å². The quantitative estimate of drug-likeness (QED) is 0.601. The van der Waals surface area contributed by atoms with Crippen LogP contribution in [-0.4, -0.2) is 29.9 Å². The van der Waals surface area contributed by atoms with E-state index in [2.05, 4.69) is 18.7 Å². The minimum atomic E-state index is 0.790. The molecule has 15 heavy (non-hydrogen) atoms. The van der Waals surface area contributed by atoms with E-state index in [0.717, 1.165) is 17.8 Å². The van der Waals surface area contributed by atoms with Crippen molar-refractivity contribution in [2.75, 3.05) is 19.0 Å². The standard InChI is InChI=1S/C13H26ClN/c1-3-15(13-6-4-5-7-13)11-9-12(2)8-10-14/h12-13H,3-11H2,1-2H3.